The molecule has 0 bridgehead atoms. The molecule has 0 spiro atoms. The summed E-state index contributed by atoms with van der Waals surface area (Å²) in [5, 5.41) is 0. The van der Waals surface area contributed by atoms with Crippen molar-refractivity contribution in [2.75, 3.05) is 61.5 Å². The first kappa shape index (κ1) is 23.1. The van der Waals surface area contributed by atoms with Gasteiger partial charge in [0.25, 0.3) is 0 Å². The summed E-state index contributed by atoms with van der Waals surface area (Å²) in [6.45, 7) is 4.04. The molecule has 0 unspecified atom stereocenters. The van der Waals surface area contributed by atoms with Crippen LogP contribution in [0.3, 0.4) is 0 Å². The fourth-order valence-corrected chi connectivity index (χ4v) is 4.85. The van der Waals surface area contributed by atoms with Crippen LogP contribution in [0.15, 0.2) is 54.6 Å². The number of para-hydroxylation sites is 1. The third-order valence-electron chi connectivity index (χ3n) is 6.76. The van der Waals surface area contributed by atoms with Crippen molar-refractivity contribution in [1.82, 2.24) is 14.9 Å². The van der Waals surface area contributed by atoms with Gasteiger partial charge in [-0.15, -0.1) is 0 Å². The van der Waals surface area contributed by atoms with E-state index < -0.39 is 0 Å². The fourth-order valence-electron chi connectivity index (χ4n) is 4.85. The summed E-state index contributed by atoms with van der Waals surface area (Å²) in [7, 11) is 3.96. The molecular weight excluding hydrogens is 443 g/mol. The molecule has 2 aromatic carbocycles. The van der Waals surface area contributed by atoms with Crippen molar-refractivity contribution in [1.29, 1.82) is 0 Å². The van der Waals surface area contributed by atoms with E-state index in [0.29, 0.717) is 50.7 Å². The maximum Gasteiger partial charge on any atom is 0.227 e. The van der Waals surface area contributed by atoms with E-state index in [9.17, 15) is 9.18 Å². The number of piperazine rings is 1. The highest BCUT2D eigenvalue weighted by atomic mass is 19.1. The Morgan fingerprint density at radius 3 is 2.31 bits per heavy atom. The summed E-state index contributed by atoms with van der Waals surface area (Å²) in [5.41, 5.74) is 3.71. The van der Waals surface area contributed by atoms with Gasteiger partial charge in [0.05, 0.1) is 24.3 Å². The summed E-state index contributed by atoms with van der Waals surface area (Å²) in [6, 6.07) is 16.8. The van der Waals surface area contributed by atoms with E-state index in [0.717, 1.165) is 35.7 Å². The average Bonchev–Trinajstić information content (AvgIpc) is 2.88. The number of benzene rings is 2. The summed E-state index contributed by atoms with van der Waals surface area (Å²) in [4.78, 5) is 31.0. The predicted octanol–water partition coefficient (Wildman–Crippen LogP) is 3.14. The molecule has 2 aliphatic heterocycles. The van der Waals surface area contributed by atoms with E-state index in [1.807, 2.05) is 66.4 Å². The molecule has 1 fully saturated rings. The van der Waals surface area contributed by atoms with Crippen LogP contribution in [0.1, 0.15) is 16.8 Å². The molecule has 0 atom stereocenters. The van der Waals surface area contributed by atoms with Crippen LogP contribution in [-0.4, -0.2) is 67.6 Å². The number of aromatic nitrogens is 2. The molecule has 3 aromatic rings. The van der Waals surface area contributed by atoms with Crippen LogP contribution < -0.4 is 14.7 Å². The number of halogens is 1. The lowest BCUT2D eigenvalue weighted by Crippen LogP contribution is -2.47. The second-order valence-electron chi connectivity index (χ2n) is 9.32. The van der Waals surface area contributed by atoms with Gasteiger partial charge < -0.3 is 19.6 Å². The molecule has 3 heterocycles. The maximum atomic E-state index is 14.2. The molecule has 7 nitrogen and oxygen atoms in total. The van der Waals surface area contributed by atoms with E-state index in [-0.39, 0.29) is 11.7 Å². The molecule has 0 radical (unpaired) electrons. The van der Waals surface area contributed by atoms with Crippen LogP contribution in [0.5, 0.6) is 0 Å². The number of nitrogens with zero attached hydrogens (tertiary/aromatic N) is 6. The van der Waals surface area contributed by atoms with E-state index in [1.165, 1.54) is 6.07 Å². The Labute approximate surface area is 205 Å². The second kappa shape index (κ2) is 9.90. The van der Waals surface area contributed by atoms with Crippen molar-refractivity contribution >= 4 is 23.4 Å². The number of amides is 1. The van der Waals surface area contributed by atoms with E-state index >= 15 is 0 Å². The third kappa shape index (κ3) is 4.92. The number of anilines is 3. The first-order chi connectivity index (χ1) is 17.0. The Balaban J connectivity index is 1.31. The van der Waals surface area contributed by atoms with Crippen LogP contribution in [0.25, 0.3) is 0 Å². The van der Waals surface area contributed by atoms with E-state index in [1.54, 1.807) is 6.07 Å². The quantitative estimate of drug-likeness (QED) is 0.566. The zero-order valence-electron chi connectivity index (χ0n) is 20.3. The standard InChI is InChI=1S/C27H31FN6O/c1-31(2)26-21-19-34(25(35)18-20-8-4-3-5-9-20)13-12-23(21)29-27(30-26)33-16-14-32(15-17-33)24-11-7-6-10-22(24)28/h3-11H,12-19H2,1-2H3. The average molecular weight is 475 g/mol. The summed E-state index contributed by atoms with van der Waals surface area (Å²) < 4.78 is 14.2. The lowest BCUT2D eigenvalue weighted by atomic mass is 10.0. The highest BCUT2D eigenvalue weighted by molar-refractivity contribution is 5.79. The van der Waals surface area contributed by atoms with Crippen molar-refractivity contribution in [2.45, 2.75) is 19.4 Å². The molecule has 0 aliphatic carbocycles. The second-order valence-corrected chi connectivity index (χ2v) is 9.32. The van der Waals surface area contributed by atoms with Crippen molar-refractivity contribution in [2.24, 2.45) is 0 Å². The maximum absolute atomic E-state index is 14.2. The molecule has 1 amide bonds. The van der Waals surface area contributed by atoms with Crippen LogP contribution in [-0.2, 0) is 24.2 Å². The number of hydrogen-bond acceptors (Lipinski definition) is 6. The third-order valence-corrected chi connectivity index (χ3v) is 6.76. The van der Waals surface area contributed by atoms with Crippen molar-refractivity contribution in [3.8, 4) is 0 Å². The Morgan fingerprint density at radius 2 is 1.60 bits per heavy atom. The Bertz CT molecular complexity index is 1190. The monoisotopic (exact) mass is 474 g/mol. The Hall–Kier alpha value is -3.68. The number of carbonyl (C=O) groups excluding carboxylic acids is 1. The number of carbonyl (C=O) groups is 1. The highest BCUT2D eigenvalue weighted by Crippen LogP contribution is 2.29. The SMILES string of the molecule is CN(C)c1nc(N2CCN(c3ccccc3F)CC2)nc2c1CN(C(=O)Cc1ccccc1)CC2. The lowest BCUT2D eigenvalue weighted by Gasteiger charge is -2.37. The molecule has 1 aromatic heterocycles. The van der Waals surface area contributed by atoms with Gasteiger partial charge in [-0.05, 0) is 17.7 Å². The molecule has 0 N–H and O–H groups in total. The Kier molecular flexibility index (Phi) is 6.53. The Morgan fingerprint density at radius 1 is 0.914 bits per heavy atom. The first-order valence-electron chi connectivity index (χ1n) is 12.1. The smallest absolute Gasteiger partial charge is 0.227 e. The van der Waals surface area contributed by atoms with E-state index in [2.05, 4.69) is 9.80 Å². The minimum absolute atomic E-state index is 0.125. The predicted molar refractivity (Wildman–Crippen MR) is 136 cm³/mol. The van der Waals surface area contributed by atoms with Gasteiger partial charge in [0, 0.05) is 58.8 Å². The zero-order chi connectivity index (χ0) is 24.4. The number of hydrogen-bond donors (Lipinski definition) is 0. The molecule has 8 heteroatoms. The van der Waals surface area contributed by atoms with Crippen LogP contribution in [0.4, 0.5) is 21.8 Å². The minimum Gasteiger partial charge on any atom is -0.366 e. The van der Waals surface area contributed by atoms with Gasteiger partial charge in [0.2, 0.25) is 11.9 Å². The van der Waals surface area contributed by atoms with Crippen LogP contribution in [0, 0.1) is 5.82 Å². The lowest BCUT2D eigenvalue weighted by molar-refractivity contribution is -0.131. The van der Waals surface area contributed by atoms with Gasteiger partial charge in [-0.3, -0.25) is 4.79 Å². The topological polar surface area (TPSA) is 55.8 Å². The van der Waals surface area contributed by atoms with Gasteiger partial charge >= 0.3 is 0 Å². The molecule has 2 aliphatic rings. The van der Waals surface area contributed by atoms with Crippen LogP contribution >= 0.6 is 0 Å². The van der Waals surface area contributed by atoms with Crippen molar-refractivity contribution in [3.63, 3.8) is 0 Å². The summed E-state index contributed by atoms with van der Waals surface area (Å²) >= 11 is 0. The zero-order valence-corrected chi connectivity index (χ0v) is 20.3. The number of rotatable bonds is 5. The van der Waals surface area contributed by atoms with Gasteiger partial charge in [-0.2, -0.15) is 4.98 Å². The summed E-state index contributed by atoms with van der Waals surface area (Å²) in [6.07, 6.45) is 1.11. The number of fused-ring (bicyclic) bond motifs is 1. The molecular formula is C27H31FN6O. The first-order valence-corrected chi connectivity index (χ1v) is 12.1. The van der Waals surface area contributed by atoms with Gasteiger partial charge in [0.15, 0.2) is 0 Å². The van der Waals surface area contributed by atoms with Crippen molar-refractivity contribution < 1.29 is 9.18 Å². The molecule has 182 valence electrons. The minimum atomic E-state index is -0.188. The normalized spacial score (nSPS) is 15.7. The molecule has 1 saturated heterocycles. The fraction of sp³-hybridized carbons (Fsp3) is 0.370. The van der Waals surface area contributed by atoms with Gasteiger partial charge in [0.1, 0.15) is 11.6 Å². The molecule has 5 rings (SSSR count). The largest absolute Gasteiger partial charge is 0.366 e. The summed E-state index contributed by atoms with van der Waals surface area (Å²) in [5.74, 6) is 1.51. The molecule has 35 heavy (non-hydrogen) atoms. The van der Waals surface area contributed by atoms with Gasteiger partial charge in [-0.1, -0.05) is 42.5 Å². The highest BCUT2D eigenvalue weighted by Gasteiger charge is 2.28. The van der Waals surface area contributed by atoms with Crippen molar-refractivity contribution in [3.05, 3.63) is 77.2 Å². The molecule has 0 saturated carbocycles. The van der Waals surface area contributed by atoms with Crippen LogP contribution in [0.2, 0.25) is 0 Å². The van der Waals surface area contributed by atoms with Gasteiger partial charge in [-0.25, -0.2) is 9.37 Å². The van der Waals surface area contributed by atoms with E-state index in [4.69, 9.17) is 9.97 Å².